The molecule has 176 valence electrons. The minimum absolute atomic E-state index is 0.0415. The van der Waals surface area contributed by atoms with Crippen LogP contribution < -0.4 is 10.2 Å². The van der Waals surface area contributed by atoms with Crippen molar-refractivity contribution in [1.29, 1.82) is 0 Å². The Morgan fingerprint density at radius 3 is 2.33 bits per heavy atom. The van der Waals surface area contributed by atoms with Gasteiger partial charge in [-0.15, -0.1) is 0 Å². The zero-order chi connectivity index (χ0) is 23.8. The van der Waals surface area contributed by atoms with E-state index in [4.69, 9.17) is 0 Å². The summed E-state index contributed by atoms with van der Waals surface area (Å²) in [6, 6.07) is 10.3. The van der Waals surface area contributed by atoms with Crippen LogP contribution in [0.2, 0.25) is 0 Å². The van der Waals surface area contributed by atoms with Crippen molar-refractivity contribution in [1.82, 2.24) is 0 Å². The van der Waals surface area contributed by atoms with Crippen LogP contribution in [0.25, 0.3) is 0 Å². The average molecular weight is 481 g/mol. The number of benzene rings is 2. The van der Waals surface area contributed by atoms with Gasteiger partial charge in [-0.2, -0.15) is 13.2 Å². The largest absolute Gasteiger partial charge is 0.416 e. The molecule has 10 heteroatoms. The maximum absolute atomic E-state index is 13.0. The quantitative estimate of drug-likeness (QED) is 0.687. The van der Waals surface area contributed by atoms with E-state index in [0.29, 0.717) is 18.5 Å². The number of anilines is 2. The van der Waals surface area contributed by atoms with Gasteiger partial charge in [0, 0.05) is 24.3 Å². The van der Waals surface area contributed by atoms with Crippen molar-refractivity contribution in [2.75, 3.05) is 16.8 Å². The van der Waals surface area contributed by atoms with Crippen LogP contribution in [0.3, 0.4) is 0 Å². The fraction of sp³-hybridized carbons (Fsp3) is 0.391. The molecule has 1 unspecified atom stereocenters. The first kappa shape index (κ1) is 23.3. The maximum Gasteiger partial charge on any atom is 0.416 e. The second-order valence-electron chi connectivity index (χ2n) is 8.42. The Balaban J connectivity index is 1.42. The number of hydrogen-bond donors (Lipinski definition) is 1. The number of alkyl halides is 3. The summed E-state index contributed by atoms with van der Waals surface area (Å²) in [5.41, 5.74) is -0.393. The molecule has 0 spiro atoms. The third-order valence-electron chi connectivity index (χ3n) is 6.17. The molecule has 0 aromatic heterocycles. The Kier molecular flexibility index (Phi) is 6.22. The zero-order valence-corrected chi connectivity index (χ0v) is 18.5. The summed E-state index contributed by atoms with van der Waals surface area (Å²) in [6.07, 6.45) is -1.56. The molecule has 1 aliphatic heterocycles. The van der Waals surface area contributed by atoms with Gasteiger partial charge in [0.1, 0.15) is 0 Å². The van der Waals surface area contributed by atoms with Gasteiger partial charge in [-0.25, -0.2) is 8.42 Å². The van der Waals surface area contributed by atoms with Gasteiger partial charge in [-0.3, -0.25) is 9.59 Å². The van der Waals surface area contributed by atoms with Crippen LogP contribution in [0.5, 0.6) is 0 Å². The molecule has 1 saturated carbocycles. The van der Waals surface area contributed by atoms with E-state index in [0.717, 1.165) is 25.0 Å². The number of amides is 2. The van der Waals surface area contributed by atoms with Crippen molar-refractivity contribution in [2.45, 2.75) is 48.4 Å². The minimum atomic E-state index is -4.53. The average Bonchev–Trinajstić information content (AvgIpc) is 3.44. The monoisotopic (exact) mass is 480 g/mol. The Morgan fingerprint density at radius 2 is 1.70 bits per heavy atom. The number of rotatable bonds is 5. The normalized spacial score (nSPS) is 19.8. The van der Waals surface area contributed by atoms with E-state index in [9.17, 15) is 31.2 Å². The number of nitrogens with one attached hydrogen (secondary N) is 1. The minimum Gasteiger partial charge on any atom is -0.326 e. The fourth-order valence-corrected chi connectivity index (χ4v) is 6.20. The van der Waals surface area contributed by atoms with Crippen molar-refractivity contribution in [3.8, 4) is 0 Å². The first-order valence-corrected chi connectivity index (χ1v) is 12.2. The Labute approximate surface area is 189 Å². The van der Waals surface area contributed by atoms with Crippen LogP contribution in [-0.2, 0) is 25.6 Å². The lowest BCUT2D eigenvalue weighted by Gasteiger charge is -2.18. The van der Waals surface area contributed by atoms with E-state index in [1.54, 1.807) is 0 Å². The van der Waals surface area contributed by atoms with Crippen molar-refractivity contribution in [3.05, 3.63) is 54.1 Å². The lowest BCUT2D eigenvalue weighted by Crippen LogP contribution is -2.28. The standard InChI is InChI=1S/C23H23F3N2O4S/c24-23(25,26)16-4-3-5-18(13-16)28-14-15(12-21(28)29)22(30)27-17-8-10-20(11-9-17)33(31,32)19-6-1-2-7-19/h3-5,8-11,13,15,19H,1-2,6-7,12,14H2,(H,27,30). The lowest BCUT2D eigenvalue weighted by molar-refractivity contribution is -0.137. The van der Waals surface area contributed by atoms with Gasteiger partial charge in [0.2, 0.25) is 11.8 Å². The van der Waals surface area contributed by atoms with E-state index >= 15 is 0 Å². The number of hydrogen-bond acceptors (Lipinski definition) is 4. The predicted molar refractivity (Wildman–Crippen MR) is 116 cm³/mol. The van der Waals surface area contributed by atoms with E-state index in [-0.39, 0.29) is 28.8 Å². The van der Waals surface area contributed by atoms with E-state index in [1.165, 1.54) is 41.3 Å². The highest BCUT2D eigenvalue weighted by Crippen LogP contribution is 2.34. The number of carbonyl (C=O) groups is 2. The summed E-state index contributed by atoms with van der Waals surface area (Å²) in [5.74, 6) is -1.63. The summed E-state index contributed by atoms with van der Waals surface area (Å²) in [5, 5.41) is 2.30. The van der Waals surface area contributed by atoms with Gasteiger partial charge in [0.25, 0.3) is 0 Å². The van der Waals surface area contributed by atoms with E-state index < -0.39 is 39.3 Å². The summed E-state index contributed by atoms with van der Waals surface area (Å²) in [4.78, 5) is 26.4. The van der Waals surface area contributed by atoms with Crippen LogP contribution in [0, 0.1) is 5.92 Å². The van der Waals surface area contributed by atoms with Crippen molar-refractivity contribution >= 4 is 33.0 Å². The molecule has 1 atom stereocenters. The number of carbonyl (C=O) groups excluding carboxylic acids is 2. The van der Waals surface area contributed by atoms with Gasteiger partial charge in [0.05, 0.1) is 21.6 Å². The van der Waals surface area contributed by atoms with E-state index in [2.05, 4.69) is 5.32 Å². The van der Waals surface area contributed by atoms with Crippen LogP contribution >= 0.6 is 0 Å². The maximum atomic E-state index is 13.0. The smallest absolute Gasteiger partial charge is 0.326 e. The van der Waals surface area contributed by atoms with Gasteiger partial charge >= 0.3 is 6.18 Å². The topological polar surface area (TPSA) is 83.5 Å². The van der Waals surface area contributed by atoms with Crippen LogP contribution in [-0.4, -0.2) is 32.0 Å². The number of nitrogens with zero attached hydrogens (tertiary/aromatic N) is 1. The highest BCUT2D eigenvalue weighted by atomic mass is 32.2. The van der Waals surface area contributed by atoms with Crippen LogP contribution in [0.1, 0.15) is 37.7 Å². The fourth-order valence-electron chi connectivity index (χ4n) is 4.35. The Hall–Kier alpha value is -2.88. The molecule has 2 aromatic rings. The molecule has 33 heavy (non-hydrogen) atoms. The van der Waals surface area contributed by atoms with Crippen molar-refractivity contribution < 1.29 is 31.2 Å². The number of halogens is 3. The highest BCUT2D eigenvalue weighted by Gasteiger charge is 2.37. The molecule has 1 saturated heterocycles. The molecule has 4 rings (SSSR count). The first-order chi connectivity index (χ1) is 15.6. The molecule has 0 radical (unpaired) electrons. The molecular formula is C23H23F3N2O4S. The Morgan fingerprint density at radius 1 is 1.03 bits per heavy atom. The van der Waals surface area contributed by atoms with Gasteiger partial charge in [0.15, 0.2) is 9.84 Å². The summed E-state index contributed by atoms with van der Waals surface area (Å²) in [7, 11) is -3.40. The molecule has 6 nitrogen and oxygen atoms in total. The molecule has 1 N–H and O–H groups in total. The van der Waals surface area contributed by atoms with Gasteiger partial charge in [-0.05, 0) is 55.3 Å². The predicted octanol–water partition coefficient (Wildman–Crippen LogP) is 4.41. The first-order valence-electron chi connectivity index (χ1n) is 10.7. The summed E-state index contributed by atoms with van der Waals surface area (Å²) >= 11 is 0. The van der Waals surface area contributed by atoms with Gasteiger partial charge < -0.3 is 10.2 Å². The second kappa shape index (κ2) is 8.81. The zero-order valence-electron chi connectivity index (χ0n) is 17.6. The molecule has 2 aliphatic rings. The Bertz CT molecular complexity index is 1160. The second-order valence-corrected chi connectivity index (χ2v) is 10.6. The van der Waals surface area contributed by atoms with E-state index in [1.807, 2.05) is 0 Å². The van der Waals surface area contributed by atoms with Crippen molar-refractivity contribution in [3.63, 3.8) is 0 Å². The summed E-state index contributed by atoms with van der Waals surface area (Å²) < 4.78 is 64.3. The molecule has 1 heterocycles. The lowest BCUT2D eigenvalue weighted by atomic mass is 10.1. The van der Waals surface area contributed by atoms with Gasteiger partial charge in [-0.1, -0.05) is 18.9 Å². The van der Waals surface area contributed by atoms with Crippen LogP contribution in [0.4, 0.5) is 24.5 Å². The third kappa shape index (κ3) is 4.90. The van der Waals surface area contributed by atoms with Crippen molar-refractivity contribution in [2.24, 2.45) is 5.92 Å². The SMILES string of the molecule is O=C(Nc1ccc(S(=O)(=O)C2CCCC2)cc1)C1CC(=O)N(c2cccc(C(F)(F)F)c2)C1. The van der Waals surface area contributed by atoms with Crippen LogP contribution in [0.15, 0.2) is 53.4 Å². The molecule has 2 aromatic carbocycles. The molecule has 2 fully saturated rings. The number of sulfone groups is 1. The molecular weight excluding hydrogens is 457 g/mol. The highest BCUT2D eigenvalue weighted by molar-refractivity contribution is 7.92. The molecule has 1 aliphatic carbocycles. The third-order valence-corrected chi connectivity index (χ3v) is 8.45. The molecule has 2 amide bonds. The molecule has 0 bridgehead atoms. The summed E-state index contributed by atoms with van der Waals surface area (Å²) in [6.45, 7) is -0.0415.